The van der Waals surface area contributed by atoms with Crippen LogP contribution in [0.2, 0.25) is 0 Å². The van der Waals surface area contributed by atoms with Gasteiger partial charge in [0.05, 0.1) is 5.52 Å². The van der Waals surface area contributed by atoms with Gasteiger partial charge in [0.1, 0.15) is 11.4 Å². The lowest BCUT2D eigenvalue weighted by molar-refractivity contribution is 0.131. The molecule has 7 aromatic carbocycles. The van der Waals surface area contributed by atoms with E-state index in [-0.39, 0.29) is 16.9 Å². The van der Waals surface area contributed by atoms with Crippen LogP contribution in [0, 0.1) is 11.3 Å². The molecule has 1 heterocycles. The number of aromatic nitrogens is 1. The quantitative estimate of drug-likeness (QED) is 0.129. The molecule has 0 amide bonds. The molecule has 0 fully saturated rings. The summed E-state index contributed by atoms with van der Waals surface area (Å²) in [7, 11) is 0. The maximum Gasteiger partial charge on any atom is 0.120 e. The lowest BCUT2D eigenvalue weighted by Crippen LogP contribution is -2.22. The number of hydrogen-bond acceptors (Lipinski definition) is 2. The van der Waals surface area contributed by atoms with E-state index < -0.39 is 0 Å². The van der Waals surface area contributed by atoms with Gasteiger partial charge in [-0.1, -0.05) is 144 Å². The Kier molecular flexibility index (Phi) is 11.7. The number of nitrogens with zero attached hydrogens (tertiary/aromatic N) is 2. The Bertz CT molecular complexity index is 2850. The molecule has 0 N–H and O–H groups in total. The van der Waals surface area contributed by atoms with Gasteiger partial charge in [0.25, 0.3) is 0 Å². The SMILES string of the molecule is CC(C)CC(c1ccc(-c2ccc3c(c2)c2c(n3-c3ccc(OC(C)(C)C)cc3)C=CC(c3ccc(N(c4ccccc4)c4ccc(-c5ccccc5)cc4)cc3)C2)cc1)C(C)(C)C. The van der Waals surface area contributed by atoms with Crippen molar-refractivity contribution >= 4 is 34.0 Å². The van der Waals surface area contributed by atoms with E-state index in [4.69, 9.17) is 4.74 Å². The number of rotatable bonds is 11. The van der Waals surface area contributed by atoms with Gasteiger partial charge in [-0.3, -0.25) is 0 Å². The van der Waals surface area contributed by atoms with Crippen molar-refractivity contribution in [1.29, 1.82) is 0 Å². The van der Waals surface area contributed by atoms with Gasteiger partial charge in [-0.05, 0) is 169 Å². The van der Waals surface area contributed by atoms with Gasteiger partial charge in [0, 0.05) is 39.7 Å². The highest BCUT2D eigenvalue weighted by atomic mass is 16.5. The van der Waals surface area contributed by atoms with Crippen LogP contribution in [0.1, 0.15) is 96.0 Å². The van der Waals surface area contributed by atoms with Crippen LogP contribution in [-0.4, -0.2) is 10.2 Å². The van der Waals surface area contributed by atoms with Crippen molar-refractivity contribution in [2.24, 2.45) is 11.3 Å². The minimum atomic E-state index is -0.262. The molecule has 3 heteroatoms. The number of ether oxygens (including phenoxy) is 1. The molecule has 1 aromatic heterocycles. The zero-order valence-corrected chi connectivity index (χ0v) is 38.8. The molecular weight excluding hydrogens is 777 g/mol. The molecule has 0 radical (unpaired) electrons. The van der Waals surface area contributed by atoms with Gasteiger partial charge in [0.2, 0.25) is 0 Å². The summed E-state index contributed by atoms with van der Waals surface area (Å²) in [4.78, 5) is 2.35. The van der Waals surface area contributed by atoms with Crippen LogP contribution < -0.4 is 9.64 Å². The van der Waals surface area contributed by atoms with Crippen molar-refractivity contribution in [3.63, 3.8) is 0 Å². The van der Waals surface area contributed by atoms with Crippen LogP contribution in [0.5, 0.6) is 5.75 Å². The molecular formula is C61H62N2O. The number of para-hydroxylation sites is 1. The molecule has 1 aliphatic carbocycles. The number of hydrogen-bond donors (Lipinski definition) is 0. The Labute approximate surface area is 381 Å². The standard InChI is InChI=1S/C61H62N2O/c1-42(2)39-57(60(3,4)5)47-21-19-45(20-22-47)48-27-37-58-55(40-48)56-41-49(28-38-59(56)63(58)53-33-35-54(36-34-53)64-61(6,7)8)46-25-31-52(32-26-46)62(50-17-13-10-14-18-50)51-29-23-44(24-30-51)43-15-11-9-12-16-43/h9-38,40,42,49,57H,39,41H2,1-8H3. The summed E-state index contributed by atoms with van der Waals surface area (Å²) in [6.45, 7) is 18.1. The molecule has 322 valence electrons. The minimum absolute atomic E-state index is 0.199. The fourth-order valence-electron chi connectivity index (χ4n) is 9.66. The van der Waals surface area contributed by atoms with Gasteiger partial charge in [-0.25, -0.2) is 0 Å². The second kappa shape index (κ2) is 17.5. The Balaban J connectivity index is 1.06. The smallest absolute Gasteiger partial charge is 0.120 e. The first-order valence-corrected chi connectivity index (χ1v) is 23.1. The van der Waals surface area contributed by atoms with Crippen LogP contribution in [0.3, 0.4) is 0 Å². The first-order valence-electron chi connectivity index (χ1n) is 23.1. The van der Waals surface area contributed by atoms with Crippen molar-refractivity contribution in [1.82, 2.24) is 4.57 Å². The highest BCUT2D eigenvalue weighted by Gasteiger charge is 2.28. The number of benzene rings is 7. The third-order valence-corrected chi connectivity index (χ3v) is 12.8. The van der Waals surface area contributed by atoms with Crippen LogP contribution in [-0.2, 0) is 6.42 Å². The summed E-state index contributed by atoms with van der Waals surface area (Å²) in [6.07, 6.45) is 6.86. The van der Waals surface area contributed by atoms with Gasteiger partial charge in [-0.15, -0.1) is 0 Å². The van der Waals surface area contributed by atoms with Crippen molar-refractivity contribution in [2.75, 3.05) is 4.90 Å². The largest absolute Gasteiger partial charge is 0.488 e. The fourth-order valence-corrected chi connectivity index (χ4v) is 9.66. The van der Waals surface area contributed by atoms with E-state index in [0.717, 1.165) is 34.9 Å². The van der Waals surface area contributed by atoms with Crippen molar-refractivity contribution in [3.05, 3.63) is 204 Å². The zero-order valence-electron chi connectivity index (χ0n) is 38.8. The average Bonchev–Trinajstić information content (AvgIpc) is 3.62. The molecule has 0 spiro atoms. The first-order chi connectivity index (χ1) is 30.8. The number of anilines is 3. The van der Waals surface area contributed by atoms with Crippen molar-refractivity contribution in [3.8, 4) is 33.7 Å². The summed E-state index contributed by atoms with van der Waals surface area (Å²) < 4.78 is 8.67. The number of allylic oxidation sites excluding steroid dienone is 1. The van der Waals surface area contributed by atoms with Crippen molar-refractivity contribution in [2.45, 2.75) is 85.7 Å². The second-order valence-corrected chi connectivity index (χ2v) is 20.2. The van der Waals surface area contributed by atoms with Gasteiger partial charge in [0.15, 0.2) is 0 Å². The minimum Gasteiger partial charge on any atom is -0.488 e. The molecule has 2 unspecified atom stereocenters. The van der Waals surface area contributed by atoms with Gasteiger partial charge < -0.3 is 14.2 Å². The summed E-state index contributed by atoms with van der Waals surface area (Å²) in [5.74, 6) is 2.27. The maximum absolute atomic E-state index is 6.23. The predicted molar refractivity (Wildman–Crippen MR) is 273 cm³/mol. The molecule has 2 atom stereocenters. The highest BCUT2D eigenvalue weighted by molar-refractivity contribution is 5.94. The predicted octanol–water partition coefficient (Wildman–Crippen LogP) is 17.1. The van der Waals surface area contributed by atoms with E-state index in [1.54, 1.807) is 0 Å². The molecule has 0 bridgehead atoms. The van der Waals surface area contributed by atoms with E-state index in [0.29, 0.717) is 11.8 Å². The van der Waals surface area contributed by atoms with Crippen LogP contribution in [0.4, 0.5) is 17.1 Å². The maximum atomic E-state index is 6.23. The highest BCUT2D eigenvalue weighted by Crippen LogP contribution is 2.43. The Morgan fingerprint density at radius 3 is 1.75 bits per heavy atom. The van der Waals surface area contributed by atoms with E-state index in [1.807, 2.05) is 0 Å². The van der Waals surface area contributed by atoms with E-state index in [2.05, 4.69) is 253 Å². The lowest BCUT2D eigenvalue weighted by Gasteiger charge is -2.32. The van der Waals surface area contributed by atoms with E-state index in [9.17, 15) is 0 Å². The normalized spacial score (nSPS) is 14.4. The third kappa shape index (κ3) is 9.08. The summed E-state index contributed by atoms with van der Waals surface area (Å²) in [5.41, 5.74) is 16.0. The van der Waals surface area contributed by atoms with Gasteiger partial charge >= 0.3 is 0 Å². The van der Waals surface area contributed by atoms with Crippen LogP contribution >= 0.6 is 0 Å². The van der Waals surface area contributed by atoms with Crippen LogP contribution in [0.25, 0.3) is 44.9 Å². The Morgan fingerprint density at radius 1 is 0.594 bits per heavy atom. The monoisotopic (exact) mass is 838 g/mol. The van der Waals surface area contributed by atoms with E-state index in [1.165, 1.54) is 62.0 Å². The van der Waals surface area contributed by atoms with Gasteiger partial charge in [-0.2, -0.15) is 0 Å². The van der Waals surface area contributed by atoms with E-state index >= 15 is 0 Å². The molecule has 9 rings (SSSR count). The molecule has 8 aromatic rings. The molecule has 0 saturated carbocycles. The Hall–Kier alpha value is -6.58. The molecule has 64 heavy (non-hydrogen) atoms. The van der Waals surface area contributed by atoms with Crippen molar-refractivity contribution < 1.29 is 4.74 Å². The zero-order chi connectivity index (χ0) is 44.6. The third-order valence-electron chi connectivity index (χ3n) is 12.8. The number of fused-ring (bicyclic) bond motifs is 3. The second-order valence-electron chi connectivity index (χ2n) is 20.2. The average molecular weight is 839 g/mol. The fraction of sp³-hybridized carbons (Fsp3) is 0.246. The first kappa shape index (κ1) is 42.7. The summed E-state index contributed by atoms with van der Waals surface area (Å²) in [6, 6.07) is 64.5. The summed E-state index contributed by atoms with van der Waals surface area (Å²) >= 11 is 0. The molecule has 3 nitrogen and oxygen atoms in total. The molecule has 0 aliphatic heterocycles. The summed E-state index contributed by atoms with van der Waals surface area (Å²) in [5, 5.41) is 1.30. The molecule has 1 aliphatic rings. The Morgan fingerprint density at radius 2 is 1.14 bits per heavy atom. The van der Waals surface area contributed by atoms with Crippen LogP contribution in [0.15, 0.2) is 182 Å². The lowest BCUT2D eigenvalue weighted by atomic mass is 9.72. The topological polar surface area (TPSA) is 17.4 Å². The molecule has 0 saturated heterocycles.